The minimum atomic E-state index is 0.543. The lowest BCUT2D eigenvalue weighted by molar-refractivity contribution is 0.226. The van der Waals surface area contributed by atoms with Gasteiger partial charge in [-0.05, 0) is 58.7 Å². The Bertz CT molecular complexity index is 475. The topological polar surface area (TPSA) is 67.1 Å². The van der Waals surface area contributed by atoms with E-state index in [-0.39, 0.29) is 0 Å². The summed E-state index contributed by atoms with van der Waals surface area (Å²) in [6, 6.07) is 0. The fourth-order valence-corrected chi connectivity index (χ4v) is 2.76. The Labute approximate surface area is 121 Å². The second-order valence-electron chi connectivity index (χ2n) is 6.34. The second kappa shape index (κ2) is 5.56. The molecule has 0 bridgehead atoms. The Morgan fingerprint density at radius 3 is 2.55 bits per heavy atom. The van der Waals surface area contributed by atoms with Crippen LogP contribution in [0.4, 0.5) is 11.6 Å². The largest absolute Gasteiger partial charge is 0.383 e. The summed E-state index contributed by atoms with van der Waals surface area (Å²) in [4.78, 5) is 11.5. The molecule has 110 valence electrons. The molecule has 1 aromatic heterocycles. The average molecular weight is 275 g/mol. The molecule has 0 atom stereocenters. The smallest absolute Gasteiger partial charge is 0.136 e. The molecule has 3 rings (SSSR count). The van der Waals surface area contributed by atoms with Crippen LogP contribution in [0.5, 0.6) is 0 Å². The van der Waals surface area contributed by atoms with Gasteiger partial charge in [-0.1, -0.05) is 0 Å². The third kappa shape index (κ3) is 3.03. The first-order valence-electron chi connectivity index (χ1n) is 7.70. The molecule has 1 aromatic rings. The summed E-state index contributed by atoms with van der Waals surface area (Å²) in [5, 5.41) is 3.51. The number of nitrogens with one attached hydrogen (secondary N) is 1. The summed E-state index contributed by atoms with van der Waals surface area (Å²) in [5.41, 5.74) is 7.00. The molecule has 5 nitrogen and oxygen atoms in total. The maximum Gasteiger partial charge on any atom is 0.136 e. The number of nitrogens with zero attached hydrogens (tertiary/aromatic N) is 3. The predicted octanol–water partition coefficient (Wildman–Crippen LogP) is 2.00. The Morgan fingerprint density at radius 2 is 1.90 bits per heavy atom. The molecular formula is C15H25N5. The van der Waals surface area contributed by atoms with E-state index in [2.05, 4.69) is 27.2 Å². The monoisotopic (exact) mass is 275 g/mol. The van der Waals surface area contributed by atoms with Gasteiger partial charge in [-0.15, -0.1) is 0 Å². The first-order chi connectivity index (χ1) is 9.63. The molecule has 0 spiro atoms. The van der Waals surface area contributed by atoms with Crippen molar-refractivity contribution in [3.05, 3.63) is 11.4 Å². The minimum Gasteiger partial charge on any atom is -0.383 e. The van der Waals surface area contributed by atoms with E-state index < -0.39 is 0 Å². The van der Waals surface area contributed by atoms with Gasteiger partial charge >= 0.3 is 0 Å². The summed E-state index contributed by atoms with van der Waals surface area (Å²) < 4.78 is 0. The Morgan fingerprint density at radius 1 is 1.20 bits per heavy atom. The maximum atomic E-state index is 6.02. The lowest BCUT2D eigenvalue weighted by Gasteiger charge is -2.29. The van der Waals surface area contributed by atoms with Crippen LogP contribution >= 0.6 is 0 Å². The fourth-order valence-electron chi connectivity index (χ4n) is 2.76. The molecule has 1 aliphatic heterocycles. The van der Waals surface area contributed by atoms with Gasteiger partial charge in [-0.3, -0.25) is 0 Å². The van der Waals surface area contributed by atoms with E-state index in [1.54, 1.807) is 0 Å². The molecule has 1 aliphatic carbocycles. The molecule has 2 aliphatic rings. The molecule has 2 fully saturated rings. The fraction of sp³-hybridized carbons (Fsp3) is 0.733. The first-order valence-corrected chi connectivity index (χ1v) is 7.70. The van der Waals surface area contributed by atoms with Crippen LogP contribution < -0.4 is 11.1 Å². The van der Waals surface area contributed by atoms with E-state index in [1.165, 1.54) is 38.8 Å². The Balaban J connectivity index is 1.64. The minimum absolute atomic E-state index is 0.543. The molecular weight excluding hydrogens is 250 g/mol. The molecule has 1 saturated carbocycles. The van der Waals surface area contributed by atoms with Crippen molar-refractivity contribution < 1.29 is 0 Å². The van der Waals surface area contributed by atoms with Crippen LogP contribution in [0.2, 0.25) is 0 Å². The molecule has 0 amide bonds. The first kappa shape index (κ1) is 13.6. The van der Waals surface area contributed by atoms with E-state index in [1.807, 2.05) is 6.92 Å². The number of aromatic nitrogens is 2. The van der Waals surface area contributed by atoms with Crippen molar-refractivity contribution in [1.82, 2.24) is 14.9 Å². The number of nitrogens with two attached hydrogens (primary N) is 1. The van der Waals surface area contributed by atoms with Gasteiger partial charge in [0.05, 0.1) is 0 Å². The normalized spacial score (nSPS) is 21.1. The molecule has 0 unspecified atom stereocenters. The molecule has 2 heterocycles. The summed E-state index contributed by atoms with van der Waals surface area (Å²) in [6.45, 7) is 5.40. The molecule has 0 radical (unpaired) electrons. The van der Waals surface area contributed by atoms with Crippen LogP contribution in [0.3, 0.4) is 0 Å². The number of nitrogen functional groups attached to an aromatic ring is 1. The van der Waals surface area contributed by atoms with Gasteiger partial charge in [0, 0.05) is 18.0 Å². The van der Waals surface area contributed by atoms with Gasteiger partial charge < -0.3 is 16.0 Å². The highest BCUT2D eigenvalue weighted by molar-refractivity contribution is 5.55. The van der Waals surface area contributed by atoms with Gasteiger partial charge in [-0.25, -0.2) is 9.97 Å². The Hall–Kier alpha value is -1.36. The summed E-state index contributed by atoms with van der Waals surface area (Å²) >= 11 is 0. The van der Waals surface area contributed by atoms with Crippen LogP contribution in [0.15, 0.2) is 0 Å². The number of hydrogen-bond acceptors (Lipinski definition) is 5. The number of hydrogen-bond donors (Lipinski definition) is 2. The lowest BCUT2D eigenvalue weighted by Crippen LogP contribution is -2.33. The molecule has 3 N–H and O–H groups in total. The van der Waals surface area contributed by atoms with Gasteiger partial charge in [-0.2, -0.15) is 0 Å². The van der Waals surface area contributed by atoms with Crippen LogP contribution in [0.25, 0.3) is 0 Å². The van der Waals surface area contributed by atoms with Crippen LogP contribution in [0.1, 0.15) is 43.0 Å². The number of rotatable bonds is 4. The van der Waals surface area contributed by atoms with Crippen molar-refractivity contribution in [1.29, 1.82) is 0 Å². The standard InChI is InChI=1S/C15H25N5/c1-10-13(16)18-15(12-3-4-12)19-14(10)17-9-11-5-7-20(2)8-6-11/h11-12H,3-9H2,1-2H3,(H3,16,17,18,19). The van der Waals surface area contributed by atoms with Crippen molar-refractivity contribution in [2.45, 2.75) is 38.5 Å². The van der Waals surface area contributed by atoms with E-state index >= 15 is 0 Å². The lowest BCUT2D eigenvalue weighted by atomic mass is 9.97. The third-order valence-electron chi connectivity index (χ3n) is 4.54. The van der Waals surface area contributed by atoms with Crippen molar-refractivity contribution in [3.8, 4) is 0 Å². The highest BCUT2D eigenvalue weighted by atomic mass is 15.1. The molecule has 0 aromatic carbocycles. The third-order valence-corrected chi connectivity index (χ3v) is 4.54. The van der Waals surface area contributed by atoms with Crippen LogP contribution in [-0.2, 0) is 0 Å². The average Bonchev–Trinajstić information content (AvgIpc) is 3.26. The maximum absolute atomic E-state index is 6.02. The molecule has 20 heavy (non-hydrogen) atoms. The van der Waals surface area contributed by atoms with Crippen molar-refractivity contribution >= 4 is 11.6 Å². The summed E-state index contributed by atoms with van der Waals surface area (Å²) in [6.07, 6.45) is 4.94. The number of piperidine rings is 1. The van der Waals surface area contributed by atoms with Gasteiger partial charge in [0.2, 0.25) is 0 Å². The van der Waals surface area contributed by atoms with E-state index in [0.29, 0.717) is 11.7 Å². The van der Waals surface area contributed by atoms with Crippen LogP contribution in [-0.4, -0.2) is 41.5 Å². The summed E-state index contributed by atoms with van der Waals surface area (Å²) in [5.74, 6) is 3.79. The zero-order valence-electron chi connectivity index (χ0n) is 12.5. The Kier molecular flexibility index (Phi) is 3.78. The van der Waals surface area contributed by atoms with Gasteiger partial charge in [0.1, 0.15) is 17.5 Å². The van der Waals surface area contributed by atoms with Crippen molar-refractivity contribution in [2.75, 3.05) is 37.7 Å². The van der Waals surface area contributed by atoms with Gasteiger partial charge in [0.15, 0.2) is 0 Å². The van der Waals surface area contributed by atoms with Crippen LogP contribution in [0, 0.1) is 12.8 Å². The van der Waals surface area contributed by atoms with E-state index in [9.17, 15) is 0 Å². The zero-order chi connectivity index (χ0) is 14.1. The SMILES string of the molecule is Cc1c(N)nc(C2CC2)nc1NCC1CCN(C)CC1. The van der Waals surface area contributed by atoms with Gasteiger partial charge in [0.25, 0.3) is 0 Å². The summed E-state index contributed by atoms with van der Waals surface area (Å²) in [7, 11) is 2.20. The number of likely N-dealkylation sites (tertiary alicyclic amines) is 1. The van der Waals surface area contributed by atoms with Crippen molar-refractivity contribution in [2.24, 2.45) is 5.92 Å². The highest BCUT2D eigenvalue weighted by Crippen LogP contribution is 2.39. The van der Waals surface area contributed by atoms with Crippen molar-refractivity contribution in [3.63, 3.8) is 0 Å². The number of anilines is 2. The second-order valence-corrected chi connectivity index (χ2v) is 6.34. The highest BCUT2D eigenvalue weighted by Gasteiger charge is 2.28. The molecule has 5 heteroatoms. The zero-order valence-corrected chi connectivity index (χ0v) is 12.5. The molecule has 1 saturated heterocycles. The predicted molar refractivity (Wildman–Crippen MR) is 81.9 cm³/mol. The van der Waals surface area contributed by atoms with E-state index in [4.69, 9.17) is 5.73 Å². The quantitative estimate of drug-likeness (QED) is 0.879. The van der Waals surface area contributed by atoms with E-state index in [0.717, 1.165) is 29.7 Å².